The summed E-state index contributed by atoms with van der Waals surface area (Å²) >= 11 is 0. The number of carbonyl (C=O) groups excluding carboxylic acids is 2. The third-order valence-electron chi connectivity index (χ3n) is 2.43. The van der Waals surface area contributed by atoms with Crippen molar-refractivity contribution in [2.24, 2.45) is 5.73 Å². The van der Waals surface area contributed by atoms with Crippen LogP contribution in [-0.2, 0) is 14.3 Å². The molecule has 2 unspecified atom stereocenters. The fraction of sp³-hybridized carbons (Fsp3) is 0.833. The van der Waals surface area contributed by atoms with Crippen LogP contribution < -0.4 is 5.73 Å². The fourth-order valence-electron chi connectivity index (χ4n) is 1.75. The summed E-state index contributed by atoms with van der Waals surface area (Å²) in [5, 5.41) is 0. The van der Waals surface area contributed by atoms with Gasteiger partial charge < -0.3 is 15.2 Å². The van der Waals surface area contributed by atoms with Crippen LogP contribution in [0.5, 0.6) is 0 Å². The topological polar surface area (TPSA) is 81.9 Å². The Hall–Kier alpha value is -1.30. The lowest BCUT2D eigenvalue weighted by atomic mass is 10.2. The molecule has 106 valence electrons. The van der Waals surface area contributed by atoms with Gasteiger partial charge in [0.2, 0.25) is 0 Å². The zero-order valence-corrected chi connectivity index (χ0v) is 10.7. The minimum atomic E-state index is -0.634. The number of rotatable bonds is 1. The van der Waals surface area contributed by atoms with Crippen LogP contribution in [0.1, 0.15) is 34.6 Å². The zero-order valence-electron chi connectivity index (χ0n) is 10.7. The zero-order chi connectivity index (χ0) is 13.2. The number of esters is 1. The second-order valence-electron chi connectivity index (χ2n) is 5.17. The second kappa shape index (κ2) is 6.04. The van der Waals surface area contributed by atoms with E-state index in [1.54, 1.807) is 20.8 Å². The van der Waals surface area contributed by atoms with Crippen LogP contribution in [0.3, 0.4) is 0 Å². The Balaban J connectivity index is 0.00000289. The first-order chi connectivity index (χ1) is 7.74. The maximum Gasteiger partial charge on any atom is 0.411 e. The number of nitrogens with two attached hydrogens (primary N) is 1. The molecule has 0 aromatic heterocycles. The Labute approximate surface area is 108 Å². The first-order valence-corrected chi connectivity index (χ1v) is 5.57. The van der Waals surface area contributed by atoms with Gasteiger partial charge in [-0.2, -0.15) is 0 Å². The SMILES string of the molecule is C.COC(=O)C1CC(N)CN1C(=O)OC(C)(C)C. The van der Waals surface area contributed by atoms with E-state index in [1.807, 2.05) is 0 Å². The first-order valence-electron chi connectivity index (χ1n) is 5.57. The molecular weight excluding hydrogens is 236 g/mol. The largest absolute Gasteiger partial charge is 0.467 e. The minimum absolute atomic E-state index is 0. The molecule has 0 aromatic carbocycles. The summed E-state index contributed by atoms with van der Waals surface area (Å²) in [4.78, 5) is 24.7. The third-order valence-corrected chi connectivity index (χ3v) is 2.43. The lowest BCUT2D eigenvalue weighted by molar-refractivity contribution is -0.145. The molecule has 0 bridgehead atoms. The second-order valence-corrected chi connectivity index (χ2v) is 5.17. The van der Waals surface area contributed by atoms with Crippen molar-refractivity contribution >= 4 is 12.1 Å². The molecule has 1 rings (SSSR count). The number of carbonyl (C=O) groups is 2. The number of hydrogen-bond acceptors (Lipinski definition) is 5. The summed E-state index contributed by atoms with van der Waals surface area (Å²) in [5.41, 5.74) is 5.16. The Morgan fingerprint density at radius 1 is 1.33 bits per heavy atom. The van der Waals surface area contributed by atoms with Crippen molar-refractivity contribution in [1.82, 2.24) is 4.90 Å². The van der Waals surface area contributed by atoms with Gasteiger partial charge in [0.1, 0.15) is 11.6 Å². The summed E-state index contributed by atoms with van der Waals surface area (Å²) in [7, 11) is 1.29. The lowest BCUT2D eigenvalue weighted by Crippen LogP contribution is -2.44. The van der Waals surface area contributed by atoms with Crippen LogP contribution in [0.15, 0.2) is 0 Å². The third kappa shape index (κ3) is 4.18. The quantitative estimate of drug-likeness (QED) is 0.715. The molecule has 0 aliphatic carbocycles. The molecule has 1 heterocycles. The van der Waals surface area contributed by atoms with Crippen molar-refractivity contribution in [3.63, 3.8) is 0 Å². The summed E-state index contributed by atoms with van der Waals surface area (Å²) in [5.74, 6) is -0.455. The maximum atomic E-state index is 11.9. The average molecular weight is 260 g/mol. The molecule has 6 nitrogen and oxygen atoms in total. The van der Waals surface area contributed by atoms with Crippen LogP contribution >= 0.6 is 0 Å². The Morgan fingerprint density at radius 3 is 2.33 bits per heavy atom. The van der Waals surface area contributed by atoms with Crippen LogP contribution in [-0.4, -0.2) is 48.3 Å². The smallest absolute Gasteiger partial charge is 0.411 e. The van der Waals surface area contributed by atoms with E-state index in [9.17, 15) is 9.59 Å². The van der Waals surface area contributed by atoms with E-state index in [1.165, 1.54) is 12.0 Å². The van der Waals surface area contributed by atoms with Crippen molar-refractivity contribution in [1.29, 1.82) is 0 Å². The van der Waals surface area contributed by atoms with Gasteiger partial charge in [0.05, 0.1) is 7.11 Å². The normalized spacial score (nSPS) is 23.3. The van der Waals surface area contributed by atoms with Gasteiger partial charge in [-0.05, 0) is 27.2 Å². The van der Waals surface area contributed by atoms with E-state index in [0.29, 0.717) is 13.0 Å². The number of hydrogen-bond donors (Lipinski definition) is 1. The highest BCUT2D eigenvalue weighted by molar-refractivity contribution is 5.82. The van der Waals surface area contributed by atoms with Crippen LogP contribution in [0.25, 0.3) is 0 Å². The molecule has 1 saturated heterocycles. The Kier molecular flexibility index (Phi) is 5.60. The van der Waals surface area contributed by atoms with Gasteiger partial charge in [-0.15, -0.1) is 0 Å². The molecule has 0 spiro atoms. The monoisotopic (exact) mass is 260 g/mol. The molecule has 6 heteroatoms. The summed E-state index contributed by atoms with van der Waals surface area (Å²) in [6, 6.07) is -0.850. The molecule has 18 heavy (non-hydrogen) atoms. The van der Waals surface area contributed by atoms with Crippen LogP contribution in [0.4, 0.5) is 4.79 Å². The molecule has 1 aliphatic rings. The van der Waals surface area contributed by atoms with Crippen LogP contribution in [0, 0.1) is 0 Å². The molecule has 0 saturated carbocycles. The highest BCUT2D eigenvalue weighted by Gasteiger charge is 2.40. The van der Waals surface area contributed by atoms with E-state index in [-0.39, 0.29) is 13.5 Å². The summed E-state index contributed by atoms with van der Waals surface area (Å²) in [6.45, 7) is 5.63. The van der Waals surface area contributed by atoms with Crippen molar-refractivity contribution in [2.45, 2.75) is 52.3 Å². The van der Waals surface area contributed by atoms with Gasteiger partial charge in [0.15, 0.2) is 0 Å². The van der Waals surface area contributed by atoms with E-state index in [0.717, 1.165) is 0 Å². The number of ether oxygens (including phenoxy) is 2. The van der Waals surface area contributed by atoms with Gasteiger partial charge in [-0.1, -0.05) is 7.43 Å². The molecular formula is C12H24N2O4. The lowest BCUT2D eigenvalue weighted by Gasteiger charge is -2.27. The highest BCUT2D eigenvalue weighted by atomic mass is 16.6. The number of methoxy groups -OCH3 is 1. The van der Waals surface area contributed by atoms with Crippen molar-refractivity contribution in [3.8, 4) is 0 Å². The van der Waals surface area contributed by atoms with Gasteiger partial charge in [0, 0.05) is 12.6 Å². The van der Waals surface area contributed by atoms with Crippen molar-refractivity contribution in [3.05, 3.63) is 0 Å². The molecule has 2 atom stereocenters. The molecule has 1 aliphatic heterocycles. The molecule has 2 N–H and O–H groups in total. The summed E-state index contributed by atoms with van der Waals surface area (Å²) < 4.78 is 9.87. The van der Waals surface area contributed by atoms with E-state index >= 15 is 0 Å². The van der Waals surface area contributed by atoms with Crippen LogP contribution in [0.2, 0.25) is 0 Å². The van der Waals surface area contributed by atoms with Gasteiger partial charge in [-0.3, -0.25) is 4.90 Å². The standard InChI is InChI=1S/C11H20N2O4.CH4/c1-11(2,3)17-10(15)13-6-7(12)5-8(13)9(14)16-4;/h7-8H,5-6,12H2,1-4H3;1H4. The highest BCUT2D eigenvalue weighted by Crippen LogP contribution is 2.21. The van der Waals surface area contributed by atoms with E-state index < -0.39 is 23.7 Å². The number of likely N-dealkylation sites (tertiary alicyclic amines) is 1. The molecule has 1 fully saturated rings. The predicted octanol–water partition coefficient (Wildman–Crippen LogP) is 1.13. The van der Waals surface area contributed by atoms with E-state index in [4.69, 9.17) is 10.5 Å². The van der Waals surface area contributed by atoms with Gasteiger partial charge >= 0.3 is 12.1 Å². The number of amides is 1. The van der Waals surface area contributed by atoms with Gasteiger partial charge in [-0.25, -0.2) is 9.59 Å². The molecule has 1 amide bonds. The predicted molar refractivity (Wildman–Crippen MR) is 68.1 cm³/mol. The molecule has 0 aromatic rings. The average Bonchev–Trinajstić information content (AvgIpc) is 2.56. The van der Waals surface area contributed by atoms with Crippen molar-refractivity contribution < 1.29 is 19.1 Å². The van der Waals surface area contributed by atoms with E-state index in [2.05, 4.69) is 4.74 Å². The first kappa shape index (κ1) is 16.7. The van der Waals surface area contributed by atoms with Crippen molar-refractivity contribution in [2.75, 3.05) is 13.7 Å². The Bertz CT molecular complexity index is 312. The fourth-order valence-corrected chi connectivity index (χ4v) is 1.75. The molecule has 0 radical (unpaired) electrons. The minimum Gasteiger partial charge on any atom is -0.467 e. The van der Waals surface area contributed by atoms with Gasteiger partial charge in [0.25, 0.3) is 0 Å². The summed E-state index contributed by atoms with van der Waals surface area (Å²) in [6.07, 6.45) is -0.118. The Morgan fingerprint density at radius 2 is 1.89 bits per heavy atom. The maximum absolute atomic E-state index is 11.9. The number of nitrogens with zero attached hydrogens (tertiary/aromatic N) is 1.